The largest absolute Gasteiger partial charge is 0.468 e. The van der Waals surface area contributed by atoms with Crippen molar-refractivity contribution in [1.82, 2.24) is 4.90 Å². The van der Waals surface area contributed by atoms with Crippen molar-refractivity contribution in [3.63, 3.8) is 0 Å². The molecule has 0 unspecified atom stereocenters. The van der Waals surface area contributed by atoms with E-state index in [-0.39, 0.29) is 12.4 Å². The minimum Gasteiger partial charge on any atom is -0.468 e. The first-order valence-electron chi connectivity index (χ1n) is 5.33. The van der Waals surface area contributed by atoms with Crippen molar-refractivity contribution in [2.45, 2.75) is 19.4 Å². The van der Waals surface area contributed by atoms with Gasteiger partial charge in [0.1, 0.15) is 5.76 Å². The van der Waals surface area contributed by atoms with Gasteiger partial charge < -0.3 is 10.2 Å². The minimum atomic E-state index is 0. The van der Waals surface area contributed by atoms with Crippen LogP contribution in [-0.4, -0.2) is 24.5 Å². The fraction of sp³-hybridized carbons (Fsp3) is 0.636. The summed E-state index contributed by atoms with van der Waals surface area (Å²) in [5.74, 6) is 1.80. The van der Waals surface area contributed by atoms with Crippen LogP contribution in [0.3, 0.4) is 0 Å². The van der Waals surface area contributed by atoms with E-state index in [9.17, 15) is 0 Å². The summed E-state index contributed by atoms with van der Waals surface area (Å²) in [5.41, 5.74) is 5.65. The molecule has 0 saturated carbocycles. The number of hydrogen-bond donors (Lipinski definition) is 1. The average Bonchev–Trinajstić information content (AvgIpc) is 2.72. The van der Waals surface area contributed by atoms with Crippen molar-refractivity contribution < 1.29 is 4.42 Å². The molecule has 0 bridgehead atoms. The van der Waals surface area contributed by atoms with Crippen LogP contribution in [0.5, 0.6) is 0 Å². The van der Waals surface area contributed by atoms with E-state index in [1.807, 2.05) is 12.1 Å². The Bertz CT molecular complexity index is 256. The lowest BCUT2D eigenvalue weighted by Gasteiger charge is -2.30. The summed E-state index contributed by atoms with van der Waals surface area (Å²) in [6.07, 6.45) is 4.20. The maximum Gasteiger partial charge on any atom is 0.117 e. The van der Waals surface area contributed by atoms with Gasteiger partial charge >= 0.3 is 0 Å². The number of likely N-dealkylation sites (tertiary alicyclic amines) is 1. The highest BCUT2D eigenvalue weighted by Gasteiger charge is 2.18. The first kappa shape index (κ1) is 12.6. The smallest absolute Gasteiger partial charge is 0.117 e. The van der Waals surface area contributed by atoms with Crippen LogP contribution in [0.25, 0.3) is 0 Å². The fourth-order valence-electron chi connectivity index (χ4n) is 2.00. The Morgan fingerprint density at radius 2 is 2.13 bits per heavy atom. The summed E-state index contributed by atoms with van der Waals surface area (Å²) in [6, 6.07) is 3.98. The Balaban J connectivity index is 0.00000112. The van der Waals surface area contributed by atoms with Crippen LogP contribution in [0, 0.1) is 5.92 Å². The van der Waals surface area contributed by atoms with Crippen LogP contribution in [0.1, 0.15) is 18.6 Å². The SMILES string of the molecule is Cl.NCC1CCN(Cc2ccco2)CC1. The highest BCUT2D eigenvalue weighted by molar-refractivity contribution is 5.85. The van der Waals surface area contributed by atoms with Gasteiger partial charge in [-0.05, 0) is 50.5 Å². The van der Waals surface area contributed by atoms with Gasteiger partial charge in [0.2, 0.25) is 0 Å². The quantitative estimate of drug-likeness (QED) is 0.862. The maximum atomic E-state index is 5.65. The average molecular weight is 231 g/mol. The molecule has 0 atom stereocenters. The molecular formula is C11H19ClN2O. The van der Waals surface area contributed by atoms with Crippen LogP contribution < -0.4 is 5.73 Å². The summed E-state index contributed by atoms with van der Waals surface area (Å²) < 4.78 is 5.32. The van der Waals surface area contributed by atoms with Crippen molar-refractivity contribution >= 4 is 12.4 Å². The summed E-state index contributed by atoms with van der Waals surface area (Å²) in [4.78, 5) is 2.44. The topological polar surface area (TPSA) is 42.4 Å². The number of rotatable bonds is 3. The number of furan rings is 1. The van der Waals surface area contributed by atoms with Gasteiger partial charge in [0, 0.05) is 0 Å². The van der Waals surface area contributed by atoms with Gasteiger partial charge in [-0.3, -0.25) is 4.90 Å². The van der Waals surface area contributed by atoms with Crippen molar-refractivity contribution in [1.29, 1.82) is 0 Å². The first-order chi connectivity index (χ1) is 6.88. The molecular weight excluding hydrogens is 212 g/mol. The third-order valence-corrected chi connectivity index (χ3v) is 3.00. The number of nitrogens with zero attached hydrogens (tertiary/aromatic N) is 1. The molecule has 1 saturated heterocycles. The first-order valence-corrected chi connectivity index (χ1v) is 5.33. The highest BCUT2D eigenvalue weighted by atomic mass is 35.5. The zero-order chi connectivity index (χ0) is 9.80. The molecule has 1 aliphatic rings. The fourth-order valence-corrected chi connectivity index (χ4v) is 2.00. The second kappa shape index (κ2) is 6.16. The lowest BCUT2D eigenvalue weighted by molar-refractivity contribution is 0.169. The lowest BCUT2D eigenvalue weighted by atomic mass is 9.97. The van der Waals surface area contributed by atoms with Crippen LogP contribution in [0.15, 0.2) is 22.8 Å². The normalized spacial score (nSPS) is 18.7. The third-order valence-electron chi connectivity index (χ3n) is 3.00. The van der Waals surface area contributed by atoms with E-state index in [0.29, 0.717) is 0 Å². The molecule has 3 nitrogen and oxygen atoms in total. The molecule has 1 aliphatic heterocycles. The number of hydrogen-bond acceptors (Lipinski definition) is 3. The predicted molar refractivity (Wildman–Crippen MR) is 63.0 cm³/mol. The predicted octanol–water partition coefficient (Wildman–Crippen LogP) is 1.87. The Labute approximate surface area is 97.0 Å². The molecule has 2 N–H and O–H groups in total. The second-order valence-corrected chi connectivity index (χ2v) is 4.03. The molecule has 15 heavy (non-hydrogen) atoms. The third kappa shape index (κ3) is 3.52. The molecule has 0 spiro atoms. The van der Waals surface area contributed by atoms with Crippen LogP contribution in [-0.2, 0) is 6.54 Å². The van der Waals surface area contributed by atoms with E-state index in [1.54, 1.807) is 6.26 Å². The summed E-state index contributed by atoms with van der Waals surface area (Å²) >= 11 is 0. The van der Waals surface area contributed by atoms with E-state index in [4.69, 9.17) is 10.2 Å². The molecule has 0 aliphatic carbocycles. The van der Waals surface area contributed by atoms with Gasteiger partial charge in [-0.2, -0.15) is 0 Å². The summed E-state index contributed by atoms with van der Waals surface area (Å²) in [5, 5.41) is 0. The number of halogens is 1. The van der Waals surface area contributed by atoms with Crippen molar-refractivity contribution in [2.75, 3.05) is 19.6 Å². The van der Waals surface area contributed by atoms with E-state index in [1.165, 1.54) is 12.8 Å². The Morgan fingerprint density at radius 3 is 2.67 bits per heavy atom. The van der Waals surface area contributed by atoms with Crippen LogP contribution >= 0.6 is 12.4 Å². The van der Waals surface area contributed by atoms with E-state index in [2.05, 4.69) is 4.90 Å². The standard InChI is InChI=1S/C11H18N2O.ClH/c12-8-10-3-5-13(6-4-10)9-11-2-1-7-14-11;/h1-2,7,10H,3-6,8-9,12H2;1H. The molecule has 86 valence electrons. The molecule has 4 heteroatoms. The van der Waals surface area contributed by atoms with E-state index >= 15 is 0 Å². The van der Waals surface area contributed by atoms with E-state index < -0.39 is 0 Å². The van der Waals surface area contributed by atoms with Gasteiger partial charge in [-0.1, -0.05) is 0 Å². The second-order valence-electron chi connectivity index (χ2n) is 4.03. The monoisotopic (exact) mass is 230 g/mol. The molecule has 1 aromatic heterocycles. The molecule has 0 aromatic carbocycles. The number of nitrogens with two attached hydrogens (primary N) is 1. The lowest BCUT2D eigenvalue weighted by Crippen LogP contribution is -2.35. The van der Waals surface area contributed by atoms with Gasteiger partial charge in [0.15, 0.2) is 0 Å². The van der Waals surface area contributed by atoms with Crippen molar-refractivity contribution in [3.05, 3.63) is 24.2 Å². The molecule has 2 rings (SSSR count). The van der Waals surface area contributed by atoms with Gasteiger partial charge in [-0.25, -0.2) is 0 Å². The Kier molecular flexibility index (Phi) is 5.15. The van der Waals surface area contributed by atoms with Gasteiger partial charge in [-0.15, -0.1) is 12.4 Å². The van der Waals surface area contributed by atoms with E-state index in [0.717, 1.165) is 37.9 Å². The van der Waals surface area contributed by atoms with Gasteiger partial charge in [0.05, 0.1) is 12.8 Å². The van der Waals surface area contributed by atoms with Gasteiger partial charge in [0.25, 0.3) is 0 Å². The Morgan fingerprint density at radius 1 is 1.40 bits per heavy atom. The minimum absolute atomic E-state index is 0. The molecule has 1 fully saturated rings. The van der Waals surface area contributed by atoms with Crippen LogP contribution in [0.4, 0.5) is 0 Å². The Hall–Kier alpha value is -0.510. The summed E-state index contributed by atoms with van der Waals surface area (Å²) in [6.45, 7) is 4.10. The number of piperidine rings is 1. The highest BCUT2D eigenvalue weighted by Crippen LogP contribution is 2.17. The van der Waals surface area contributed by atoms with Crippen LogP contribution in [0.2, 0.25) is 0 Å². The summed E-state index contributed by atoms with van der Waals surface area (Å²) in [7, 11) is 0. The van der Waals surface area contributed by atoms with Crippen molar-refractivity contribution in [3.8, 4) is 0 Å². The molecule has 0 radical (unpaired) electrons. The molecule has 2 heterocycles. The zero-order valence-corrected chi connectivity index (χ0v) is 9.71. The maximum absolute atomic E-state index is 5.65. The molecule has 1 aromatic rings. The van der Waals surface area contributed by atoms with Crippen molar-refractivity contribution in [2.24, 2.45) is 11.7 Å². The molecule has 0 amide bonds. The zero-order valence-electron chi connectivity index (χ0n) is 8.89.